The van der Waals surface area contributed by atoms with Gasteiger partial charge in [0.1, 0.15) is 0 Å². The highest BCUT2D eigenvalue weighted by Crippen LogP contribution is 2.15. The molecule has 0 aromatic carbocycles. The van der Waals surface area contributed by atoms with E-state index in [1.54, 1.807) is 7.11 Å². The van der Waals surface area contributed by atoms with Crippen LogP contribution in [-0.4, -0.2) is 38.3 Å². The van der Waals surface area contributed by atoms with Crippen molar-refractivity contribution in [2.45, 2.75) is 38.8 Å². The molecule has 1 amide bonds. The average molecular weight is 214 g/mol. The van der Waals surface area contributed by atoms with Gasteiger partial charge in [-0.2, -0.15) is 0 Å². The van der Waals surface area contributed by atoms with Crippen molar-refractivity contribution in [3.8, 4) is 0 Å². The zero-order chi connectivity index (χ0) is 11.3. The Kier molecular flexibility index (Phi) is 5.05. The number of methoxy groups -OCH3 is 1. The second-order valence-corrected chi connectivity index (χ2v) is 4.37. The van der Waals surface area contributed by atoms with E-state index >= 15 is 0 Å². The van der Waals surface area contributed by atoms with Crippen molar-refractivity contribution in [3.63, 3.8) is 0 Å². The van der Waals surface area contributed by atoms with Crippen LogP contribution >= 0.6 is 0 Å². The number of carbonyl (C=O) groups is 1. The molecule has 0 aromatic heterocycles. The Labute approximate surface area is 91.8 Å². The maximum absolute atomic E-state index is 11.8. The van der Waals surface area contributed by atoms with Gasteiger partial charge in [0.2, 0.25) is 5.91 Å². The molecule has 88 valence electrons. The first-order valence-corrected chi connectivity index (χ1v) is 5.67. The third-order valence-electron chi connectivity index (χ3n) is 2.96. The monoisotopic (exact) mass is 214 g/mol. The molecule has 0 saturated carbocycles. The summed E-state index contributed by atoms with van der Waals surface area (Å²) in [4.78, 5) is 11.8. The van der Waals surface area contributed by atoms with Crippen LogP contribution in [0.5, 0.6) is 0 Å². The Morgan fingerprint density at radius 1 is 1.67 bits per heavy atom. The van der Waals surface area contributed by atoms with Crippen LogP contribution in [0.25, 0.3) is 0 Å². The molecular formula is C11H22N2O2. The van der Waals surface area contributed by atoms with Gasteiger partial charge in [-0.3, -0.25) is 4.79 Å². The van der Waals surface area contributed by atoms with E-state index in [1.807, 2.05) is 6.92 Å². The molecule has 0 bridgehead atoms. The fraction of sp³-hybridized carbons (Fsp3) is 0.909. The minimum absolute atomic E-state index is 0.0908. The predicted octanol–water partition coefficient (Wildman–Crippen LogP) is 0.526. The summed E-state index contributed by atoms with van der Waals surface area (Å²) < 4.78 is 5.08. The first-order chi connectivity index (χ1) is 7.13. The van der Waals surface area contributed by atoms with Gasteiger partial charge >= 0.3 is 0 Å². The van der Waals surface area contributed by atoms with E-state index in [0.29, 0.717) is 12.6 Å². The average Bonchev–Trinajstić information content (AvgIpc) is 2.25. The standard InChI is InChI=1S/C11H22N2O2/c1-8-6-10(4-5-12-8)11(14)13-7-9(2)15-3/h8-10,12H,4-7H2,1-3H3,(H,13,14). The number of ether oxygens (including phenoxy) is 1. The topological polar surface area (TPSA) is 50.4 Å². The number of piperidine rings is 1. The lowest BCUT2D eigenvalue weighted by molar-refractivity contribution is -0.126. The first kappa shape index (κ1) is 12.5. The van der Waals surface area contributed by atoms with E-state index in [9.17, 15) is 4.79 Å². The molecule has 1 fully saturated rings. The van der Waals surface area contributed by atoms with Crippen LogP contribution in [0.15, 0.2) is 0 Å². The summed E-state index contributed by atoms with van der Waals surface area (Å²) in [6.07, 6.45) is 1.97. The molecule has 15 heavy (non-hydrogen) atoms. The van der Waals surface area contributed by atoms with Crippen LogP contribution in [-0.2, 0) is 9.53 Å². The number of hydrogen-bond donors (Lipinski definition) is 2. The Bertz CT molecular complexity index is 209. The molecule has 4 nitrogen and oxygen atoms in total. The number of nitrogens with one attached hydrogen (secondary N) is 2. The predicted molar refractivity (Wildman–Crippen MR) is 59.7 cm³/mol. The van der Waals surface area contributed by atoms with Gasteiger partial charge < -0.3 is 15.4 Å². The fourth-order valence-corrected chi connectivity index (χ4v) is 1.84. The van der Waals surface area contributed by atoms with Gasteiger partial charge in [0.25, 0.3) is 0 Å². The Hall–Kier alpha value is -0.610. The zero-order valence-corrected chi connectivity index (χ0v) is 9.88. The number of rotatable bonds is 4. The third-order valence-corrected chi connectivity index (χ3v) is 2.96. The zero-order valence-electron chi connectivity index (χ0n) is 9.88. The van der Waals surface area contributed by atoms with Gasteiger partial charge in [-0.1, -0.05) is 0 Å². The number of hydrogen-bond acceptors (Lipinski definition) is 3. The van der Waals surface area contributed by atoms with Crippen LogP contribution in [0.2, 0.25) is 0 Å². The second-order valence-electron chi connectivity index (χ2n) is 4.37. The van der Waals surface area contributed by atoms with Crippen molar-refractivity contribution in [2.24, 2.45) is 5.92 Å². The highest BCUT2D eigenvalue weighted by atomic mass is 16.5. The van der Waals surface area contributed by atoms with Crippen molar-refractivity contribution in [3.05, 3.63) is 0 Å². The molecule has 0 aromatic rings. The van der Waals surface area contributed by atoms with E-state index in [4.69, 9.17) is 4.74 Å². The molecule has 0 aliphatic carbocycles. The molecule has 2 N–H and O–H groups in total. The largest absolute Gasteiger partial charge is 0.380 e. The van der Waals surface area contributed by atoms with Gasteiger partial charge in [0.05, 0.1) is 6.10 Å². The normalized spacial score (nSPS) is 28.5. The highest BCUT2D eigenvalue weighted by molar-refractivity contribution is 5.78. The molecule has 0 radical (unpaired) electrons. The lowest BCUT2D eigenvalue weighted by atomic mass is 9.92. The van der Waals surface area contributed by atoms with E-state index < -0.39 is 0 Å². The lowest BCUT2D eigenvalue weighted by Gasteiger charge is -2.27. The number of carbonyl (C=O) groups excluding carboxylic acids is 1. The summed E-state index contributed by atoms with van der Waals surface area (Å²) >= 11 is 0. The molecule has 3 unspecified atom stereocenters. The summed E-state index contributed by atoms with van der Waals surface area (Å²) in [6, 6.07) is 0.453. The van der Waals surface area contributed by atoms with Gasteiger partial charge in [-0.25, -0.2) is 0 Å². The minimum Gasteiger partial charge on any atom is -0.380 e. The highest BCUT2D eigenvalue weighted by Gasteiger charge is 2.24. The minimum atomic E-state index is 0.0908. The maximum Gasteiger partial charge on any atom is 0.223 e. The summed E-state index contributed by atoms with van der Waals surface area (Å²) in [5.41, 5.74) is 0. The first-order valence-electron chi connectivity index (χ1n) is 5.67. The smallest absolute Gasteiger partial charge is 0.223 e. The Morgan fingerprint density at radius 2 is 2.40 bits per heavy atom. The number of amides is 1. The molecule has 1 aliphatic rings. The molecule has 1 aliphatic heterocycles. The molecule has 1 rings (SSSR count). The summed E-state index contributed by atoms with van der Waals surface area (Å²) in [7, 11) is 1.66. The summed E-state index contributed by atoms with van der Waals surface area (Å²) in [6.45, 7) is 5.62. The van der Waals surface area contributed by atoms with Crippen molar-refractivity contribution < 1.29 is 9.53 Å². The van der Waals surface area contributed by atoms with Crippen LogP contribution in [0.1, 0.15) is 26.7 Å². The van der Waals surface area contributed by atoms with E-state index in [-0.39, 0.29) is 17.9 Å². The second kappa shape index (κ2) is 6.08. The lowest BCUT2D eigenvalue weighted by Crippen LogP contribution is -2.43. The molecule has 3 atom stereocenters. The van der Waals surface area contributed by atoms with Gasteiger partial charge in [-0.05, 0) is 33.2 Å². The Morgan fingerprint density at radius 3 is 3.00 bits per heavy atom. The van der Waals surface area contributed by atoms with Crippen LogP contribution < -0.4 is 10.6 Å². The van der Waals surface area contributed by atoms with Crippen molar-refractivity contribution in [1.82, 2.24) is 10.6 Å². The molecule has 4 heteroatoms. The summed E-state index contributed by atoms with van der Waals surface area (Å²) in [5.74, 6) is 0.345. The van der Waals surface area contributed by atoms with Gasteiger partial charge in [-0.15, -0.1) is 0 Å². The van der Waals surface area contributed by atoms with Crippen LogP contribution in [0.4, 0.5) is 0 Å². The van der Waals surface area contributed by atoms with Gasteiger partial charge in [0, 0.05) is 25.6 Å². The third kappa shape index (κ3) is 4.18. The maximum atomic E-state index is 11.8. The van der Waals surface area contributed by atoms with E-state index in [2.05, 4.69) is 17.6 Å². The molecular weight excluding hydrogens is 192 g/mol. The van der Waals surface area contributed by atoms with Gasteiger partial charge in [0.15, 0.2) is 0 Å². The van der Waals surface area contributed by atoms with E-state index in [0.717, 1.165) is 19.4 Å². The van der Waals surface area contributed by atoms with Crippen molar-refractivity contribution >= 4 is 5.91 Å². The fourth-order valence-electron chi connectivity index (χ4n) is 1.84. The SMILES string of the molecule is COC(C)CNC(=O)C1CCNC(C)C1. The van der Waals surface area contributed by atoms with Crippen molar-refractivity contribution in [2.75, 3.05) is 20.2 Å². The van der Waals surface area contributed by atoms with E-state index in [1.165, 1.54) is 0 Å². The molecule has 0 spiro atoms. The van der Waals surface area contributed by atoms with Crippen molar-refractivity contribution in [1.29, 1.82) is 0 Å². The molecule has 1 heterocycles. The van der Waals surface area contributed by atoms with Crippen LogP contribution in [0.3, 0.4) is 0 Å². The van der Waals surface area contributed by atoms with Crippen LogP contribution in [0, 0.1) is 5.92 Å². The Balaban J connectivity index is 2.26. The summed E-state index contributed by atoms with van der Waals surface area (Å²) in [5, 5.41) is 6.27. The quantitative estimate of drug-likeness (QED) is 0.717. The molecule has 1 saturated heterocycles.